The van der Waals surface area contributed by atoms with E-state index in [9.17, 15) is 8.78 Å². The molecule has 0 saturated carbocycles. The third-order valence-corrected chi connectivity index (χ3v) is 3.46. The van der Waals surface area contributed by atoms with Crippen molar-refractivity contribution in [2.45, 2.75) is 25.8 Å². The highest BCUT2D eigenvalue weighted by Crippen LogP contribution is 2.40. The molecule has 1 atom stereocenters. The van der Waals surface area contributed by atoms with Gasteiger partial charge in [-0.25, -0.2) is 4.39 Å². The van der Waals surface area contributed by atoms with Gasteiger partial charge >= 0.3 is 0 Å². The quantitative estimate of drug-likeness (QED) is 0.862. The predicted molar refractivity (Wildman–Crippen MR) is 65.2 cm³/mol. The second kappa shape index (κ2) is 5.31. The third kappa shape index (κ3) is 2.45. The number of halogens is 3. The molecule has 1 heterocycles. The van der Waals surface area contributed by atoms with Gasteiger partial charge in [-0.05, 0) is 19.0 Å². The normalized spacial score (nSPS) is 18.7. The van der Waals surface area contributed by atoms with Gasteiger partial charge in [-0.3, -0.25) is 0 Å². The molecule has 2 nitrogen and oxygen atoms in total. The standard InChI is InChI=1S/C12H14BrF2NO/c1-2-4-16-9-3-5-17-12-10(9)7(13)6-8(14)11(12)15/h6,9,16H,2-5H2,1H3. The van der Waals surface area contributed by atoms with E-state index in [1.807, 2.05) is 0 Å². The summed E-state index contributed by atoms with van der Waals surface area (Å²) >= 11 is 3.27. The summed E-state index contributed by atoms with van der Waals surface area (Å²) < 4.78 is 32.6. The van der Waals surface area contributed by atoms with Gasteiger partial charge in [0, 0.05) is 22.5 Å². The molecule has 1 N–H and O–H groups in total. The van der Waals surface area contributed by atoms with Crippen LogP contribution in [0.2, 0.25) is 0 Å². The zero-order valence-corrected chi connectivity index (χ0v) is 11.1. The Bertz CT molecular complexity index is 425. The maximum Gasteiger partial charge on any atom is 0.201 e. The van der Waals surface area contributed by atoms with E-state index in [2.05, 4.69) is 28.2 Å². The van der Waals surface area contributed by atoms with Crippen LogP contribution in [0.3, 0.4) is 0 Å². The number of nitrogens with one attached hydrogen (secondary N) is 1. The molecule has 0 aromatic heterocycles. The first kappa shape index (κ1) is 12.8. The van der Waals surface area contributed by atoms with Gasteiger partial charge in [0.05, 0.1) is 6.61 Å². The van der Waals surface area contributed by atoms with Crippen LogP contribution in [-0.2, 0) is 0 Å². The molecular formula is C12H14BrF2NO. The molecule has 1 aliphatic rings. The summed E-state index contributed by atoms with van der Waals surface area (Å²) in [6.07, 6.45) is 1.75. The zero-order valence-electron chi connectivity index (χ0n) is 9.53. The van der Waals surface area contributed by atoms with Crippen molar-refractivity contribution in [2.75, 3.05) is 13.2 Å². The lowest BCUT2D eigenvalue weighted by molar-refractivity contribution is 0.236. The van der Waals surface area contributed by atoms with Crippen molar-refractivity contribution >= 4 is 15.9 Å². The summed E-state index contributed by atoms with van der Waals surface area (Å²) in [5.41, 5.74) is 0.684. The molecule has 5 heteroatoms. The molecular weight excluding hydrogens is 292 g/mol. The highest BCUT2D eigenvalue weighted by Gasteiger charge is 2.28. The van der Waals surface area contributed by atoms with Crippen LogP contribution in [0.5, 0.6) is 5.75 Å². The Morgan fingerprint density at radius 2 is 2.29 bits per heavy atom. The smallest absolute Gasteiger partial charge is 0.201 e. The lowest BCUT2D eigenvalue weighted by Gasteiger charge is -2.28. The van der Waals surface area contributed by atoms with E-state index in [0.29, 0.717) is 16.6 Å². The summed E-state index contributed by atoms with van der Waals surface area (Å²) in [6.45, 7) is 3.31. The van der Waals surface area contributed by atoms with Crippen molar-refractivity contribution in [3.63, 3.8) is 0 Å². The van der Waals surface area contributed by atoms with Gasteiger partial charge in [-0.1, -0.05) is 22.9 Å². The van der Waals surface area contributed by atoms with Crippen molar-refractivity contribution < 1.29 is 13.5 Å². The van der Waals surface area contributed by atoms with Crippen LogP contribution in [0.1, 0.15) is 31.4 Å². The molecule has 17 heavy (non-hydrogen) atoms. The number of ether oxygens (including phenoxy) is 1. The number of hydrogen-bond acceptors (Lipinski definition) is 2. The van der Waals surface area contributed by atoms with Crippen LogP contribution in [0, 0.1) is 11.6 Å². The SMILES string of the molecule is CCCNC1CCOc2c(F)c(F)cc(Br)c21. The summed E-state index contributed by atoms with van der Waals surface area (Å²) in [5.74, 6) is -1.74. The Morgan fingerprint density at radius 3 is 3.00 bits per heavy atom. The molecule has 0 fully saturated rings. The Hall–Kier alpha value is -0.680. The lowest BCUT2D eigenvalue weighted by atomic mass is 10.00. The van der Waals surface area contributed by atoms with Crippen LogP contribution < -0.4 is 10.1 Å². The minimum Gasteiger partial charge on any atom is -0.490 e. The average molecular weight is 306 g/mol. The Kier molecular flexibility index (Phi) is 3.99. The predicted octanol–water partition coefficient (Wildman–Crippen LogP) is 3.55. The molecule has 0 saturated heterocycles. The van der Waals surface area contributed by atoms with Crippen LogP contribution in [0.15, 0.2) is 10.5 Å². The van der Waals surface area contributed by atoms with E-state index in [-0.39, 0.29) is 11.8 Å². The van der Waals surface area contributed by atoms with Gasteiger partial charge in [0.1, 0.15) is 0 Å². The third-order valence-electron chi connectivity index (χ3n) is 2.81. The molecule has 0 amide bonds. The molecule has 0 aliphatic carbocycles. The average Bonchev–Trinajstić information content (AvgIpc) is 2.33. The lowest BCUT2D eigenvalue weighted by Crippen LogP contribution is -2.28. The van der Waals surface area contributed by atoms with Crippen molar-refractivity contribution in [2.24, 2.45) is 0 Å². The van der Waals surface area contributed by atoms with Crippen LogP contribution >= 0.6 is 15.9 Å². The molecule has 0 radical (unpaired) electrons. The van der Waals surface area contributed by atoms with E-state index < -0.39 is 11.6 Å². The van der Waals surface area contributed by atoms with E-state index in [4.69, 9.17) is 4.74 Å². The molecule has 0 spiro atoms. The topological polar surface area (TPSA) is 21.3 Å². The minimum atomic E-state index is -0.897. The summed E-state index contributed by atoms with van der Waals surface area (Å²) in [4.78, 5) is 0. The van der Waals surface area contributed by atoms with Crippen LogP contribution in [0.4, 0.5) is 8.78 Å². The van der Waals surface area contributed by atoms with Gasteiger partial charge in [0.15, 0.2) is 11.6 Å². The second-order valence-corrected chi connectivity index (χ2v) is 4.90. The van der Waals surface area contributed by atoms with E-state index in [1.165, 1.54) is 0 Å². The molecule has 2 rings (SSSR count). The monoisotopic (exact) mass is 305 g/mol. The van der Waals surface area contributed by atoms with Gasteiger partial charge in [0.2, 0.25) is 5.82 Å². The first-order valence-corrected chi connectivity index (χ1v) is 6.48. The van der Waals surface area contributed by atoms with Gasteiger partial charge in [-0.15, -0.1) is 0 Å². The number of benzene rings is 1. The molecule has 1 unspecified atom stereocenters. The van der Waals surface area contributed by atoms with Gasteiger partial charge in [-0.2, -0.15) is 4.39 Å². The largest absolute Gasteiger partial charge is 0.490 e. The van der Waals surface area contributed by atoms with Crippen molar-refractivity contribution in [3.8, 4) is 5.75 Å². The first-order chi connectivity index (χ1) is 8.15. The maximum atomic E-state index is 13.6. The summed E-state index contributed by atoms with van der Waals surface area (Å²) in [6, 6.07) is 1.17. The number of fused-ring (bicyclic) bond motifs is 1. The summed E-state index contributed by atoms with van der Waals surface area (Å²) in [7, 11) is 0. The fourth-order valence-electron chi connectivity index (χ4n) is 2.00. The van der Waals surface area contributed by atoms with E-state index in [1.54, 1.807) is 0 Å². The molecule has 1 aliphatic heterocycles. The van der Waals surface area contributed by atoms with E-state index >= 15 is 0 Å². The molecule has 1 aromatic carbocycles. The second-order valence-electron chi connectivity index (χ2n) is 4.04. The Balaban J connectivity index is 2.40. The number of hydrogen-bond donors (Lipinski definition) is 1. The fourth-order valence-corrected chi connectivity index (χ4v) is 2.66. The van der Waals surface area contributed by atoms with Crippen LogP contribution in [-0.4, -0.2) is 13.2 Å². The molecule has 94 valence electrons. The first-order valence-electron chi connectivity index (χ1n) is 5.68. The molecule has 0 bridgehead atoms. The minimum absolute atomic E-state index is 0.0168. The van der Waals surface area contributed by atoms with Crippen molar-refractivity contribution in [1.29, 1.82) is 0 Å². The van der Waals surface area contributed by atoms with Crippen LogP contribution in [0.25, 0.3) is 0 Å². The highest BCUT2D eigenvalue weighted by atomic mass is 79.9. The van der Waals surface area contributed by atoms with Gasteiger partial charge < -0.3 is 10.1 Å². The summed E-state index contributed by atoms with van der Waals surface area (Å²) in [5, 5.41) is 3.32. The van der Waals surface area contributed by atoms with E-state index in [0.717, 1.165) is 25.5 Å². The number of rotatable bonds is 3. The maximum absolute atomic E-state index is 13.6. The van der Waals surface area contributed by atoms with Crippen molar-refractivity contribution in [1.82, 2.24) is 5.32 Å². The Labute approximate surface area is 107 Å². The Morgan fingerprint density at radius 1 is 1.53 bits per heavy atom. The zero-order chi connectivity index (χ0) is 12.4. The van der Waals surface area contributed by atoms with Gasteiger partial charge in [0.25, 0.3) is 0 Å². The fraction of sp³-hybridized carbons (Fsp3) is 0.500. The van der Waals surface area contributed by atoms with Crippen molar-refractivity contribution in [3.05, 3.63) is 27.7 Å². The highest BCUT2D eigenvalue weighted by molar-refractivity contribution is 9.10. The molecule has 1 aromatic rings.